The third-order valence-electron chi connectivity index (χ3n) is 2.11. The minimum atomic E-state index is -0.258. The molecule has 0 saturated carbocycles. The van der Waals surface area contributed by atoms with Crippen LogP contribution in [-0.2, 0) is 0 Å². The average Bonchev–Trinajstić information content (AvgIpc) is 2.72. The van der Waals surface area contributed by atoms with Gasteiger partial charge in [-0.25, -0.2) is 9.97 Å². The van der Waals surface area contributed by atoms with E-state index in [9.17, 15) is 0 Å². The predicted octanol–water partition coefficient (Wildman–Crippen LogP) is 1.32. The molecular formula is C10H9BrN6. The van der Waals surface area contributed by atoms with Crippen molar-refractivity contribution in [2.75, 3.05) is 0 Å². The zero-order chi connectivity index (χ0) is 12.4. The molecule has 0 aromatic carbocycles. The van der Waals surface area contributed by atoms with Gasteiger partial charge in [-0.1, -0.05) is 0 Å². The van der Waals surface area contributed by atoms with Crippen molar-refractivity contribution in [3.05, 3.63) is 34.5 Å². The second-order valence-corrected chi connectivity index (χ2v) is 4.17. The van der Waals surface area contributed by atoms with Crippen molar-refractivity contribution in [2.24, 2.45) is 5.73 Å². The van der Waals surface area contributed by atoms with Crippen LogP contribution in [-0.4, -0.2) is 19.7 Å². The number of nitrogens with zero attached hydrogens (tertiary/aromatic N) is 5. The van der Waals surface area contributed by atoms with E-state index in [1.165, 1.54) is 6.20 Å². The van der Waals surface area contributed by atoms with Crippen molar-refractivity contribution in [2.45, 2.75) is 13.0 Å². The first kappa shape index (κ1) is 11.7. The minimum absolute atomic E-state index is 0.258. The molecule has 0 aliphatic heterocycles. The molecule has 0 fully saturated rings. The van der Waals surface area contributed by atoms with Crippen molar-refractivity contribution in [3.8, 4) is 11.9 Å². The fourth-order valence-electron chi connectivity index (χ4n) is 1.34. The van der Waals surface area contributed by atoms with E-state index < -0.39 is 0 Å². The summed E-state index contributed by atoms with van der Waals surface area (Å²) in [6, 6.07) is 5.12. The highest BCUT2D eigenvalue weighted by Gasteiger charge is 2.14. The lowest BCUT2D eigenvalue weighted by molar-refractivity contribution is 0.681. The molecule has 6 nitrogen and oxygen atoms in total. The van der Waals surface area contributed by atoms with Crippen LogP contribution in [0.25, 0.3) is 5.82 Å². The largest absolute Gasteiger partial charge is 0.322 e. The third kappa shape index (κ3) is 2.33. The van der Waals surface area contributed by atoms with Gasteiger partial charge >= 0.3 is 0 Å². The third-order valence-corrected chi connectivity index (χ3v) is 2.44. The minimum Gasteiger partial charge on any atom is -0.322 e. The van der Waals surface area contributed by atoms with Crippen LogP contribution in [0.3, 0.4) is 0 Å². The number of rotatable bonds is 2. The summed E-state index contributed by atoms with van der Waals surface area (Å²) in [5, 5.41) is 12.8. The van der Waals surface area contributed by atoms with Crippen molar-refractivity contribution in [1.82, 2.24) is 19.7 Å². The van der Waals surface area contributed by atoms with Crippen LogP contribution in [0, 0.1) is 11.3 Å². The van der Waals surface area contributed by atoms with Gasteiger partial charge in [-0.2, -0.15) is 9.94 Å². The number of hydrogen-bond acceptors (Lipinski definition) is 5. The maximum Gasteiger partial charge on any atom is 0.218 e. The monoisotopic (exact) mass is 292 g/mol. The van der Waals surface area contributed by atoms with E-state index in [1.54, 1.807) is 16.8 Å². The first-order valence-corrected chi connectivity index (χ1v) is 5.65. The van der Waals surface area contributed by atoms with Gasteiger partial charge in [0.25, 0.3) is 0 Å². The molecule has 0 saturated heterocycles. The van der Waals surface area contributed by atoms with E-state index in [2.05, 4.69) is 31.0 Å². The van der Waals surface area contributed by atoms with Crippen molar-refractivity contribution in [3.63, 3.8) is 0 Å². The Bertz CT molecular complexity index is 565. The molecule has 2 N–H and O–H groups in total. The molecular weight excluding hydrogens is 284 g/mol. The summed E-state index contributed by atoms with van der Waals surface area (Å²) < 4.78 is 2.01. The van der Waals surface area contributed by atoms with E-state index in [0.29, 0.717) is 21.9 Å². The van der Waals surface area contributed by atoms with Crippen LogP contribution in [0.1, 0.15) is 24.4 Å². The molecule has 7 heteroatoms. The molecule has 0 amide bonds. The first-order valence-electron chi connectivity index (χ1n) is 4.86. The normalized spacial score (nSPS) is 12.1. The van der Waals surface area contributed by atoms with E-state index in [0.717, 1.165) is 0 Å². The van der Waals surface area contributed by atoms with E-state index in [1.807, 2.05) is 13.0 Å². The second kappa shape index (κ2) is 4.61. The van der Waals surface area contributed by atoms with Crippen molar-refractivity contribution in [1.29, 1.82) is 5.26 Å². The fraction of sp³-hybridized carbons (Fsp3) is 0.200. The predicted molar refractivity (Wildman–Crippen MR) is 64.2 cm³/mol. The number of nitriles is 1. The molecule has 0 bridgehead atoms. The molecule has 2 aromatic rings. The number of nitrogens with two attached hydrogens (primary N) is 1. The molecule has 1 atom stereocenters. The topological polar surface area (TPSA) is 93.4 Å². The number of pyridine rings is 1. The first-order chi connectivity index (χ1) is 8.11. The molecule has 17 heavy (non-hydrogen) atoms. The Morgan fingerprint density at radius 1 is 1.53 bits per heavy atom. The maximum absolute atomic E-state index is 8.69. The summed E-state index contributed by atoms with van der Waals surface area (Å²) in [6.45, 7) is 1.82. The van der Waals surface area contributed by atoms with Crippen LogP contribution in [0.15, 0.2) is 23.1 Å². The standard InChI is InChI=1S/C10H9BrN6/c1-6(13)9-15-10(11)16-17(9)8-3-2-7(4-12)5-14-8/h2-3,5-6H,13H2,1H3. The molecule has 0 aliphatic carbocycles. The van der Waals surface area contributed by atoms with Crippen LogP contribution < -0.4 is 5.73 Å². The van der Waals surface area contributed by atoms with Gasteiger partial charge in [0, 0.05) is 6.20 Å². The number of hydrogen-bond donors (Lipinski definition) is 1. The summed E-state index contributed by atoms with van der Waals surface area (Å²) in [6.07, 6.45) is 1.48. The summed E-state index contributed by atoms with van der Waals surface area (Å²) in [5.74, 6) is 1.18. The Morgan fingerprint density at radius 2 is 2.29 bits per heavy atom. The molecule has 86 valence electrons. The Labute approximate surface area is 106 Å². The molecule has 2 heterocycles. The van der Waals surface area contributed by atoms with Gasteiger partial charge < -0.3 is 5.73 Å². The molecule has 0 radical (unpaired) electrons. The molecule has 0 aliphatic rings. The molecule has 2 aromatic heterocycles. The zero-order valence-electron chi connectivity index (χ0n) is 9.00. The van der Waals surface area contributed by atoms with E-state index in [-0.39, 0.29) is 6.04 Å². The molecule has 2 rings (SSSR count). The van der Waals surface area contributed by atoms with Gasteiger partial charge in [0.15, 0.2) is 11.6 Å². The van der Waals surface area contributed by atoms with Gasteiger partial charge in [0.05, 0.1) is 11.6 Å². The Kier molecular flexibility index (Phi) is 3.17. The average molecular weight is 293 g/mol. The smallest absolute Gasteiger partial charge is 0.218 e. The van der Waals surface area contributed by atoms with Crippen LogP contribution >= 0.6 is 15.9 Å². The van der Waals surface area contributed by atoms with Crippen molar-refractivity contribution >= 4 is 15.9 Å². The lowest BCUT2D eigenvalue weighted by Gasteiger charge is -2.06. The van der Waals surface area contributed by atoms with Crippen LogP contribution in [0.4, 0.5) is 0 Å². The highest BCUT2D eigenvalue weighted by atomic mass is 79.9. The second-order valence-electron chi connectivity index (χ2n) is 3.46. The van der Waals surface area contributed by atoms with Crippen molar-refractivity contribution < 1.29 is 0 Å². The van der Waals surface area contributed by atoms with Gasteiger partial charge in [0.1, 0.15) is 6.07 Å². The SMILES string of the molecule is CC(N)c1nc(Br)nn1-c1ccc(C#N)cn1. The van der Waals surface area contributed by atoms with Crippen LogP contribution in [0.5, 0.6) is 0 Å². The van der Waals surface area contributed by atoms with Gasteiger partial charge in [-0.15, -0.1) is 5.10 Å². The lowest BCUT2D eigenvalue weighted by Crippen LogP contribution is -2.14. The quantitative estimate of drug-likeness (QED) is 0.901. The summed E-state index contributed by atoms with van der Waals surface area (Å²) in [7, 11) is 0. The maximum atomic E-state index is 8.69. The molecule has 0 spiro atoms. The van der Waals surface area contributed by atoms with Gasteiger partial charge in [-0.05, 0) is 35.0 Å². The number of aromatic nitrogens is 4. The Balaban J connectivity index is 2.49. The number of halogens is 1. The summed E-state index contributed by atoms with van der Waals surface area (Å²) >= 11 is 3.20. The summed E-state index contributed by atoms with van der Waals surface area (Å²) in [4.78, 5) is 8.31. The lowest BCUT2D eigenvalue weighted by atomic mass is 10.3. The summed E-state index contributed by atoms with van der Waals surface area (Å²) in [5.41, 5.74) is 6.29. The molecule has 1 unspecified atom stereocenters. The Hall–Kier alpha value is -1.78. The van der Waals surface area contributed by atoms with Gasteiger partial charge in [0.2, 0.25) is 4.73 Å². The highest BCUT2D eigenvalue weighted by molar-refractivity contribution is 9.10. The van der Waals surface area contributed by atoms with Gasteiger partial charge in [-0.3, -0.25) is 0 Å². The van der Waals surface area contributed by atoms with Crippen LogP contribution in [0.2, 0.25) is 0 Å². The van der Waals surface area contributed by atoms with E-state index >= 15 is 0 Å². The highest BCUT2D eigenvalue weighted by Crippen LogP contribution is 2.15. The fourth-order valence-corrected chi connectivity index (χ4v) is 1.68. The Morgan fingerprint density at radius 3 is 2.82 bits per heavy atom. The zero-order valence-corrected chi connectivity index (χ0v) is 10.6. The van der Waals surface area contributed by atoms with E-state index in [4.69, 9.17) is 11.0 Å².